The van der Waals surface area contributed by atoms with Crippen LogP contribution in [-0.2, 0) is 4.79 Å². The highest BCUT2D eigenvalue weighted by Crippen LogP contribution is 2.20. The molecule has 2 aromatic carbocycles. The fraction of sp³-hybridized carbons (Fsp3) is 0.105. The average Bonchev–Trinajstić information content (AvgIpc) is 3.18. The largest absolute Gasteiger partial charge is 0.444 e. The Bertz CT molecular complexity index is 854. The van der Waals surface area contributed by atoms with Crippen LogP contribution in [0.2, 0.25) is 0 Å². The summed E-state index contributed by atoms with van der Waals surface area (Å²) in [6.07, 6.45) is 3.05. The van der Waals surface area contributed by atoms with Crippen molar-refractivity contribution >= 4 is 17.3 Å². The third-order valence-corrected chi connectivity index (χ3v) is 3.55. The average molecular weight is 334 g/mol. The number of likely N-dealkylation sites (N-methyl/N-ethyl adjacent to an activating group) is 1. The van der Waals surface area contributed by atoms with E-state index >= 15 is 0 Å². The van der Waals surface area contributed by atoms with E-state index in [1.165, 1.54) is 11.3 Å². The number of carbonyl (C=O) groups excluding carboxylic acids is 1. The van der Waals surface area contributed by atoms with Crippen LogP contribution in [0.5, 0.6) is 0 Å². The monoisotopic (exact) mass is 334 g/mol. The molecule has 0 aliphatic rings. The molecule has 25 heavy (non-hydrogen) atoms. The number of amides is 1. The topological polar surface area (TPSA) is 70.7 Å². The van der Waals surface area contributed by atoms with Crippen molar-refractivity contribution in [2.75, 3.05) is 19.5 Å². The molecule has 0 atom stereocenters. The summed E-state index contributed by atoms with van der Waals surface area (Å²) in [5.41, 5.74) is 5.74. The number of carbonyl (C=O) groups is 1. The number of hydrogen-bond acceptors (Lipinski definition) is 5. The number of oxazole rings is 1. The van der Waals surface area contributed by atoms with Crippen molar-refractivity contribution in [1.29, 1.82) is 0 Å². The minimum Gasteiger partial charge on any atom is -0.444 e. The van der Waals surface area contributed by atoms with Gasteiger partial charge < -0.3 is 9.32 Å². The molecule has 0 bridgehead atoms. The van der Waals surface area contributed by atoms with E-state index in [0.717, 1.165) is 16.8 Å². The fourth-order valence-corrected chi connectivity index (χ4v) is 2.23. The number of benzene rings is 2. The second-order valence-corrected chi connectivity index (χ2v) is 5.58. The van der Waals surface area contributed by atoms with Crippen LogP contribution in [0.1, 0.15) is 5.56 Å². The van der Waals surface area contributed by atoms with Gasteiger partial charge >= 0.3 is 0 Å². The first-order chi connectivity index (χ1) is 12.1. The molecule has 0 radical (unpaired) electrons. The lowest BCUT2D eigenvalue weighted by Crippen LogP contribution is -2.31. The van der Waals surface area contributed by atoms with Gasteiger partial charge in [-0.15, -0.1) is 0 Å². The third kappa shape index (κ3) is 3.92. The predicted molar refractivity (Wildman–Crippen MR) is 97.2 cm³/mol. The SMILES string of the molecule is CN(C)C(=O)C(=NNc1ccc(-c2cnco2)cc1)c1ccccc1. The summed E-state index contributed by atoms with van der Waals surface area (Å²) in [4.78, 5) is 17.8. The van der Waals surface area contributed by atoms with Crippen molar-refractivity contribution in [3.63, 3.8) is 0 Å². The first-order valence-electron chi connectivity index (χ1n) is 7.75. The zero-order chi connectivity index (χ0) is 17.6. The third-order valence-electron chi connectivity index (χ3n) is 3.55. The highest BCUT2D eigenvalue weighted by Gasteiger charge is 2.16. The van der Waals surface area contributed by atoms with Gasteiger partial charge in [0.2, 0.25) is 0 Å². The lowest BCUT2D eigenvalue weighted by molar-refractivity contribution is -0.121. The van der Waals surface area contributed by atoms with Crippen LogP contribution in [0.15, 0.2) is 76.7 Å². The molecule has 6 heteroatoms. The number of rotatable bonds is 5. The van der Waals surface area contributed by atoms with Crippen molar-refractivity contribution in [3.05, 3.63) is 72.8 Å². The van der Waals surface area contributed by atoms with Crippen LogP contribution in [0.4, 0.5) is 5.69 Å². The fourth-order valence-electron chi connectivity index (χ4n) is 2.23. The van der Waals surface area contributed by atoms with Gasteiger partial charge in [0.1, 0.15) is 0 Å². The van der Waals surface area contributed by atoms with E-state index in [1.54, 1.807) is 20.3 Å². The molecular weight excluding hydrogens is 316 g/mol. The Hall–Kier alpha value is -3.41. The maximum Gasteiger partial charge on any atom is 0.274 e. The quantitative estimate of drug-likeness (QED) is 0.574. The van der Waals surface area contributed by atoms with Gasteiger partial charge in [-0.2, -0.15) is 5.10 Å². The van der Waals surface area contributed by atoms with Gasteiger partial charge in [-0.3, -0.25) is 10.2 Å². The molecule has 6 nitrogen and oxygen atoms in total. The van der Waals surface area contributed by atoms with E-state index in [-0.39, 0.29) is 5.91 Å². The summed E-state index contributed by atoms with van der Waals surface area (Å²) in [6.45, 7) is 0. The van der Waals surface area contributed by atoms with Crippen molar-refractivity contribution in [1.82, 2.24) is 9.88 Å². The molecular formula is C19H18N4O2. The van der Waals surface area contributed by atoms with Crippen LogP contribution in [0.3, 0.4) is 0 Å². The second kappa shape index (κ2) is 7.44. The first kappa shape index (κ1) is 16.4. The Morgan fingerprint density at radius 3 is 2.40 bits per heavy atom. The van der Waals surface area contributed by atoms with Crippen LogP contribution in [0, 0.1) is 0 Å². The van der Waals surface area contributed by atoms with Gasteiger partial charge in [-0.25, -0.2) is 4.98 Å². The van der Waals surface area contributed by atoms with Crippen LogP contribution in [-0.4, -0.2) is 35.6 Å². The molecule has 1 aromatic heterocycles. The number of nitrogens with one attached hydrogen (secondary N) is 1. The lowest BCUT2D eigenvalue weighted by atomic mass is 10.1. The van der Waals surface area contributed by atoms with Gasteiger partial charge in [0.15, 0.2) is 17.9 Å². The lowest BCUT2D eigenvalue weighted by Gasteiger charge is -2.13. The van der Waals surface area contributed by atoms with Crippen molar-refractivity contribution in [3.8, 4) is 11.3 Å². The molecule has 3 aromatic rings. The molecule has 1 heterocycles. The maximum atomic E-state index is 12.4. The Balaban J connectivity index is 1.82. The van der Waals surface area contributed by atoms with Crippen LogP contribution in [0.25, 0.3) is 11.3 Å². The van der Waals surface area contributed by atoms with E-state index in [2.05, 4.69) is 15.5 Å². The van der Waals surface area contributed by atoms with Gasteiger partial charge in [-0.1, -0.05) is 30.3 Å². The standard InChI is InChI=1S/C19H18N4O2/c1-23(2)19(24)18(15-6-4-3-5-7-15)22-21-16-10-8-14(9-11-16)17-12-20-13-25-17/h3-13,21H,1-2H3. The van der Waals surface area contributed by atoms with Gasteiger partial charge in [0.25, 0.3) is 5.91 Å². The highest BCUT2D eigenvalue weighted by molar-refractivity contribution is 6.45. The molecule has 0 aliphatic heterocycles. The first-order valence-corrected chi connectivity index (χ1v) is 7.75. The van der Waals surface area contributed by atoms with Crippen LogP contribution < -0.4 is 5.43 Å². The van der Waals surface area contributed by atoms with E-state index in [9.17, 15) is 4.79 Å². The molecule has 1 N–H and O–H groups in total. The molecule has 0 spiro atoms. The summed E-state index contributed by atoms with van der Waals surface area (Å²) in [6, 6.07) is 16.9. The molecule has 0 fully saturated rings. The molecule has 0 saturated heterocycles. The Morgan fingerprint density at radius 1 is 1.08 bits per heavy atom. The van der Waals surface area contributed by atoms with Crippen molar-refractivity contribution < 1.29 is 9.21 Å². The summed E-state index contributed by atoms with van der Waals surface area (Å²) in [5, 5.41) is 4.32. The minimum absolute atomic E-state index is 0.169. The number of aromatic nitrogens is 1. The number of anilines is 1. The summed E-state index contributed by atoms with van der Waals surface area (Å²) >= 11 is 0. The zero-order valence-corrected chi connectivity index (χ0v) is 14.0. The highest BCUT2D eigenvalue weighted by atomic mass is 16.3. The number of hydrazone groups is 1. The van der Waals surface area contributed by atoms with Crippen LogP contribution >= 0.6 is 0 Å². The molecule has 3 rings (SSSR count). The zero-order valence-electron chi connectivity index (χ0n) is 14.0. The van der Waals surface area contributed by atoms with Gasteiger partial charge in [0, 0.05) is 25.2 Å². The van der Waals surface area contributed by atoms with E-state index in [0.29, 0.717) is 11.5 Å². The molecule has 1 amide bonds. The second-order valence-electron chi connectivity index (χ2n) is 5.58. The predicted octanol–water partition coefficient (Wildman–Crippen LogP) is 3.25. The van der Waals surface area contributed by atoms with Crippen molar-refractivity contribution in [2.24, 2.45) is 5.10 Å². The van der Waals surface area contributed by atoms with E-state index in [1.807, 2.05) is 54.6 Å². The molecule has 126 valence electrons. The summed E-state index contributed by atoms with van der Waals surface area (Å²) in [5.74, 6) is 0.528. The van der Waals surface area contributed by atoms with E-state index < -0.39 is 0 Å². The number of hydrogen-bond donors (Lipinski definition) is 1. The molecule has 0 saturated carbocycles. The Labute approximate surface area is 145 Å². The Kier molecular flexibility index (Phi) is 4.89. The minimum atomic E-state index is -0.169. The Morgan fingerprint density at radius 2 is 1.80 bits per heavy atom. The summed E-state index contributed by atoms with van der Waals surface area (Å²) < 4.78 is 5.26. The van der Waals surface area contributed by atoms with Gasteiger partial charge in [-0.05, 0) is 24.3 Å². The number of nitrogens with zero attached hydrogens (tertiary/aromatic N) is 3. The smallest absolute Gasteiger partial charge is 0.274 e. The summed E-state index contributed by atoms with van der Waals surface area (Å²) in [7, 11) is 3.40. The van der Waals surface area contributed by atoms with E-state index in [4.69, 9.17) is 4.42 Å². The maximum absolute atomic E-state index is 12.4. The molecule has 0 aliphatic carbocycles. The van der Waals surface area contributed by atoms with Crippen molar-refractivity contribution in [2.45, 2.75) is 0 Å². The van der Waals surface area contributed by atoms with Gasteiger partial charge in [0.05, 0.1) is 11.9 Å². The molecule has 0 unspecified atom stereocenters. The normalized spacial score (nSPS) is 11.2.